The van der Waals surface area contributed by atoms with Crippen molar-refractivity contribution in [3.63, 3.8) is 0 Å². The van der Waals surface area contributed by atoms with Gasteiger partial charge in [0.2, 0.25) is 0 Å². The first-order chi connectivity index (χ1) is 9.76. The molecule has 21 heavy (non-hydrogen) atoms. The second-order valence-electron chi connectivity index (χ2n) is 5.02. The number of aliphatic hydroxyl groups excluding tert-OH is 1. The molecular formula is C14H23NO5S. The van der Waals surface area contributed by atoms with E-state index in [2.05, 4.69) is 0 Å². The summed E-state index contributed by atoms with van der Waals surface area (Å²) < 4.78 is 32.6. The highest BCUT2D eigenvalue weighted by atomic mass is 32.2. The van der Waals surface area contributed by atoms with E-state index in [-0.39, 0.29) is 5.75 Å². The van der Waals surface area contributed by atoms with E-state index in [9.17, 15) is 13.5 Å². The highest BCUT2D eigenvalue weighted by Crippen LogP contribution is 2.30. The molecule has 0 saturated heterocycles. The van der Waals surface area contributed by atoms with Crippen LogP contribution in [0, 0.1) is 0 Å². The average molecular weight is 317 g/mol. The molecule has 120 valence electrons. The van der Waals surface area contributed by atoms with Crippen LogP contribution in [0.25, 0.3) is 0 Å². The summed E-state index contributed by atoms with van der Waals surface area (Å²) in [5.41, 5.74) is 0.693. The minimum Gasteiger partial charge on any atom is -0.493 e. The molecule has 0 spiro atoms. The van der Waals surface area contributed by atoms with Gasteiger partial charge in [-0.25, -0.2) is 8.42 Å². The molecule has 1 rings (SSSR count). The van der Waals surface area contributed by atoms with Crippen LogP contribution in [0.2, 0.25) is 0 Å². The van der Waals surface area contributed by atoms with Crippen molar-refractivity contribution in [3.8, 4) is 11.5 Å². The van der Waals surface area contributed by atoms with Gasteiger partial charge < -0.3 is 19.5 Å². The van der Waals surface area contributed by atoms with Crippen LogP contribution in [0.5, 0.6) is 11.5 Å². The summed E-state index contributed by atoms with van der Waals surface area (Å²) in [6.45, 7) is 0.716. The van der Waals surface area contributed by atoms with E-state index < -0.39 is 15.9 Å². The maximum absolute atomic E-state index is 11.1. The van der Waals surface area contributed by atoms with E-state index in [0.29, 0.717) is 30.2 Å². The third kappa shape index (κ3) is 5.91. The lowest BCUT2D eigenvalue weighted by atomic mass is 10.1. The van der Waals surface area contributed by atoms with E-state index in [1.807, 2.05) is 0 Å². The zero-order chi connectivity index (χ0) is 16.0. The SMILES string of the molecule is COc1ccc(C(O)CN(C)CCS(C)(=O)=O)cc1OC. The lowest BCUT2D eigenvalue weighted by Crippen LogP contribution is -2.29. The standard InChI is InChI=1S/C14H23NO5S/c1-15(7-8-21(4,17)18)10-12(16)11-5-6-13(19-2)14(9-11)20-3/h5-6,9,12,16H,7-8,10H2,1-4H3. The molecular weight excluding hydrogens is 294 g/mol. The van der Waals surface area contributed by atoms with Gasteiger partial charge in [-0.3, -0.25) is 0 Å². The van der Waals surface area contributed by atoms with Gasteiger partial charge in [-0.1, -0.05) is 6.07 Å². The van der Waals surface area contributed by atoms with Crippen molar-refractivity contribution in [2.75, 3.05) is 46.4 Å². The largest absolute Gasteiger partial charge is 0.493 e. The zero-order valence-electron chi connectivity index (χ0n) is 12.9. The fourth-order valence-electron chi connectivity index (χ4n) is 1.87. The van der Waals surface area contributed by atoms with Crippen LogP contribution in [0.15, 0.2) is 18.2 Å². The summed E-state index contributed by atoms with van der Waals surface area (Å²) in [5, 5.41) is 10.2. The van der Waals surface area contributed by atoms with Gasteiger partial charge >= 0.3 is 0 Å². The van der Waals surface area contributed by atoms with Crippen molar-refractivity contribution in [2.45, 2.75) is 6.10 Å². The summed E-state index contributed by atoms with van der Waals surface area (Å²) in [5.74, 6) is 1.22. The first-order valence-electron chi connectivity index (χ1n) is 6.53. The topological polar surface area (TPSA) is 76.1 Å². The predicted octanol–water partition coefficient (Wildman–Crippen LogP) is 0.714. The average Bonchev–Trinajstić information content (AvgIpc) is 2.43. The Kier molecular flexibility index (Phi) is 6.44. The molecule has 0 aliphatic carbocycles. The third-order valence-electron chi connectivity index (χ3n) is 3.12. The minimum atomic E-state index is -3.00. The van der Waals surface area contributed by atoms with E-state index >= 15 is 0 Å². The van der Waals surface area contributed by atoms with Crippen LogP contribution in [-0.4, -0.2) is 64.8 Å². The van der Waals surface area contributed by atoms with Crippen molar-refractivity contribution >= 4 is 9.84 Å². The molecule has 0 aliphatic rings. The molecule has 1 atom stereocenters. The molecule has 1 unspecified atom stereocenters. The third-order valence-corrected chi connectivity index (χ3v) is 4.04. The molecule has 6 nitrogen and oxygen atoms in total. The van der Waals surface area contributed by atoms with Crippen LogP contribution < -0.4 is 9.47 Å². The molecule has 0 heterocycles. The van der Waals surface area contributed by atoms with Crippen molar-refractivity contribution in [3.05, 3.63) is 23.8 Å². The molecule has 0 aromatic heterocycles. The molecule has 1 aromatic carbocycles. The molecule has 0 amide bonds. The lowest BCUT2D eigenvalue weighted by Gasteiger charge is -2.21. The van der Waals surface area contributed by atoms with Gasteiger partial charge in [0, 0.05) is 19.3 Å². The Morgan fingerprint density at radius 1 is 1.24 bits per heavy atom. The molecule has 7 heteroatoms. The first-order valence-corrected chi connectivity index (χ1v) is 8.59. The number of hydrogen-bond acceptors (Lipinski definition) is 6. The second-order valence-corrected chi connectivity index (χ2v) is 7.28. The van der Waals surface area contributed by atoms with Crippen LogP contribution >= 0.6 is 0 Å². The van der Waals surface area contributed by atoms with Crippen LogP contribution in [0.3, 0.4) is 0 Å². The summed E-state index contributed by atoms with van der Waals surface area (Å²) >= 11 is 0. The number of benzene rings is 1. The predicted molar refractivity (Wildman–Crippen MR) is 81.7 cm³/mol. The van der Waals surface area contributed by atoms with E-state index in [0.717, 1.165) is 0 Å². The quantitative estimate of drug-likeness (QED) is 0.761. The molecule has 1 N–H and O–H groups in total. The van der Waals surface area contributed by atoms with E-state index in [4.69, 9.17) is 9.47 Å². The summed E-state index contributed by atoms with van der Waals surface area (Å²) in [4.78, 5) is 1.78. The molecule has 1 aromatic rings. The highest BCUT2D eigenvalue weighted by Gasteiger charge is 2.14. The van der Waals surface area contributed by atoms with Crippen molar-refractivity contribution in [2.24, 2.45) is 0 Å². The Hall–Kier alpha value is -1.31. The van der Waals surface area contributed by atoms with Crippen molar-refractivity contribution in [1.29, 1.82) is 0 Å². The van der Waals surface area contributed by atoms with Gasteiger partial charge in [-0.15, -0.1) is 0 Å². The molecule has 0 radical (unpaired) electrons. The molecule has 0 bridgehead atoms. The van der Waals surface area contributed by atoms with Gasteiger partial charge in [0.25, 0.3) is 0 Å². The molecule has 0 aliphatic heterocycles. The van der Waals surface area contributed by atoms with Crippen molar-refractivity contribution < 1.29 is 23.0 Å². The number of likely N-dealkylation sites (N-methyl/N-ethyl adjacent to an activating group) is 1. The van der Waals surface area contributed by atoms with Crippen LogP contribution in [-0.2, 0) is 9.84 Å². The van der Waals surface area contributed by atoms with E-state index in [1.165, 1.54) is 13.4 Å². The Labute approximate surface area is 126 Å². The number of sulfone groups is 1. The minimum absolute atomic E-state index is 0.0716. The zero-order valence-corrected chi connectivity index (χ0v) is 13.7. The number of aliphatic hydroxyl groups is 1. The fraction of sp³-hybridized carbons (Fsp3) is 0.571. The maximum atomic E-state index is 11.1. The first kappa shape index (κ1) is 17.7. The Bertz CT molecular complexity index is 558. The number of hydrogen-bond donors (Lipinski definition) is 1. The van der Waals surface area contributed by atoms with Gasteiger partial charge in [0.15, 0.2) is 11.5 Å². The van der Waals surface area contributed by atoms with Crippen molar-refractivity contribution in [1.82, 2.24) is 4.90 Å². The van der Waals surface area contributed by atoms with Gasteiger partial charge in [-0.2, -0.15) is 0 Å². The smallest absolute Gasteiger partial charge is 0.161 e. The Balaban J connectivity index is 2.68. The Morgan fingerprint density at radius 2 is 1.86 bits per heavy atom. The maximum Gasteiger partial charge on any atom is 0.161 e. The van der Waals surface area contributed by atoms with Gasteiger partial charge in [0.05, 0.1) is 26.1 Å². The lowest BCUT2D eigenvalue weighted by molar-refractivity contribution is 0.129. The number of rotatable bonds is 8. The number of methoxy groups -OCH3 is 2. The second kappa shape index (κ2) is 7.63. The highest BCUT2D eigenvalue weighted by molar-refractivity contribution is 7.90. The normalized spacial score (nSPS) is 13.2. The fourth-order valence-corrected chi connectivity index (χ4v) is 2.52. The van der Waals surface area contributed by atoms with Gasteiger partial charge in [0.1, 0.15) is 9.84 Å². The monoisotopic (exact) mass is 317 g/mol. The van der Waals surface area contributed by atoms with E-state index in [1.54, 1.807) is 37.3 Å². The summed E-state index contributed by atoms with van der Waals surface area (Å²) in [6, 6.07) is 5.21. The van der Waals surface area contributed by atoms with Crippen LogP contribution in [0.4, 0.5) is 0 Å². The van der Waals surface area contributed by atoms with Crippen LogP contribution in [0.1, 0.15) is 11.7 Å². The number of nitrogens with zero attached hydrogens (tertiary/aromatic N) is 1. The summed E-state index contributed by atoms with van der Waals surface area (Å²) in [7, 11) is 1.86. The van der Waals surface area contributed by atoms with Gasteiger partial charge in [-0.05, 0) is 24.7 Å². The molecule has 0 saturated carbocycles. The Morgan fingerprint density at radius 3 is 2.38 bits per heavy atom. The molecule has 0 fully saturated rings. The number of ether oxygens (including phenoxy) is 2. The summed E-state index contributed by atoms with van der Waals surface area (Å²) in [6.07, 6.45) is 0.473.